The Morgan fingerprint density at radius 2 is 2.19 bits per heavy atom. The van der Waals surface area contributed by atoms with Crippen molar-refractivity contribution in [2.24, 2.45) is 5.92 Å². The van der Waals surface area contributed by atoms with Gasteiger partial charge in [-0.1, -0.05) is 19.8 Å². The molecular formula is C17H23N3O. The summed E-state index contributed by atoms with van der Waals surface area (Å²) >= 11 is 0. The molecule has 1 fully saturated rings. The number of aromatic nitrogens is 1. The zero-order valence-electron chi connectivity index (χ0n) is 12.7. The van der Waals surface area contributed by atoms with Crippen LogP contribution in [0.1, 0.15) is 43.0 Å². The van der Waals surface area contributed by atoms with Gasteiger partial charge in [-0.05, 0) is 37.0 Å². The normalized spacial score (nSPS) is 22.4. The van der Waals surface area contributed by atoms with Crippen LogP contribution in [0.4, 0.5) is 5.69 Å². The van der Waals surface area contributed by atoms with Crippen LogP contribution in [0.15, 0.2) is 24.4 Å². The smallest absolute Gasteiger partial charge is 0.256 e. The van der Waals surface area contributed by atoms with E-state index in [1.807, 2.05) is 30.1 Å². The largest absolute Gasteiger partial charge is 0.399 e. The van der Waals surface area contributed by atoms with Gasteiger partial charge in [0.05, 0.1) is 5.56 Å². The number of H-pyrrole nitrogens is 1. The molecular weight excluding hydrogens is 262 g/mol. The standard InChI is InChI=1S/C17H23N3O/c1-11-4-3-5-13(8-11)20(2)17(21)15-10-19-16-9-12(18)6-7-14(15)16/h6-7,9-11,13,19H,3-5,8,18H2,1-2H3. The SMILES string of the molecule is CC1CCCC(N(C)C(=O)c2c[nH]c3cc(N)ccc23)C1. The lowest BCUT2D eigenvalue weighted by molar-refractivity contribution is 0.0674. The summed E-state index contributed by atoms with van der Waals surface area (Å²) in [5.74, 6) is 0.812. The van der Waals surface area contributed by atoms with Gasteiger partial charge in [-0.25, -0.2) is 0 Å². The summed E-state index contributed by atoms with van der Waals surface area (Å²) in [6, 6.07) is 6.00. The van der Waals surface area contributed by atoms with Crippen molar-refractivity contribution in [3.63, 3.8) is 0 Å². The molecule has 2 atom stereocenters. The number of carbonyl (C=O) groups excluding carboxylic acids is 1. The highest BCUT2D eigenvalue weighted by molar-refractivity contribution is 6.07. The molecule has 1 aliphatic carbocycles. The topological polar surface area (TPSA) is 62.1 Å². The van der Waals surface area contributed by atoms with Crippen LogP contribution >= 0.6 is 0 Å². The number of hydrogen-bond donors (Lipinski definition) is 2. The van der Waals surface area contributed by atoms with Crippen molar-refractivity contribution in [1.29, 1.82) is 0 Å². The highest BCUT2D eigenvalue weighted by atomic mass is 16.2. The van der Waals surface area contributed by atoms with E-state index in [-0.39, 0.29) is 5.91 Å². The first kappa shape index (κ1) is 14.0. The van der Waals surface area contributed by atoms with E-state index in [4.69, 9.17) is 5.73 Å². The Bertz CT molecular complexity index is 661. The van der Waals surface area contributed by atoms with Crippen LogP contribution in [-0.2, 0) is 0 Å². The number of aromatic amines is 1. The van der Waals surface area contributed by atoms with Crippen molar-refractivity contribution in [2.75, 3.05) is 12.8 Å². The molecule has 0 saturated heterocycles. The molecule has 1 heterocycles. The fourth-order valence-corrected chi connectivity index (χ4v) is 3.43. The molecule has 1 amide bonds. The highest BCUT2D eigenvalue weighted by Gasteiger charge is 2.27. The molecule has 1 aromatic heterocycles. The van der Waals surface area contributed by atoms with Gasteiger partial charge in [-0.3, -0.25) is 4.79 Å². The summed E-state index contributed by atoms with van der Waals surface area (Å²) in [7, 11) is 1.93. The lowest BCUT2D eigenvalue weighted by atomic mass is 9.86. The molecule has 4 nitrogen and oxygen atoms in total. The molecule has 0 spiro atoms. The third-order valence-corrected chi connectivity index (χ3v) is 4.71. The Balaban J connectivity index is 1.86. The summed E-state index contributed by atoms with van der Waals surface area (Å²) in [6.45, 7) is 2.28. The molecule has 0 aliphatic heterocycles. The molecule has 112 valence electrons. The van der Waals surface area contributed by atoms with Gasteiger partial charge in [-0.15, -0.1) is 0 Å². The van der Waals surface area contributed by atoms with E-state index in [0.717, 1.165) is 29.3 Å². The lowest BCUT2D eigenvalue weighted by Crippen LogP contribution is -2.39. The number of carbonyl (C=O) groups is 1. The number of nitrogens with one attached hydrogen (secondary N) is 1. The Kier molecular flexibility index (Phi) is 3.62. The van der Waals surface area contributed by atoms with Crippen molar-refractivity contribution in [3.8, 4) is 0 Å². The van der Waals surface area contributed by atoms with Gasteiger partial charge < -0.3 is 15.6 Å². The second kappa shape index (κ2) is 5.43. The maximum Gasteiger partial charge on any atom is 0.256 e. The second-order valence-electron chi connectivity index (χ2n) is 6.35. The Labute approximate surface area is 125 Å². The molecule has 1 saturated carbocycles. The van der Waals surface area contributed by atoms with E-state index in [1.54, 1.807) is 6.20 Å². The average Bonchev–Trinajstić information content (AvgIpc) is 2.88. The fourth-order valence-electron chi connectivity index (χ4n) is 3.43. The molecule has 2 unspecified atom stereocenters. The number of fused-ring (bicyclic) bond motifs is 1. The van der Waals surface area contributed by atoms with Crippen molar-refractivity contribution < 1.29 is 4.79 Å². The summed E-state index contributed by atoms with van der Waals surface area (Å²) in [5.41, 5.74) is 8.15. The summed E-state index contributed by atoms with van der Waals surface area (Å²) < 4.78 is 0. The molecule has 21 heavy (non-hydrogen) atoms. The van der Waals surface area contributed by atoms with Crippen LogP contribution in [0.25, 0.3) is 10.9 Å². The third-order valence-electron chi connectivity index (χ3n) is 4.71. The molecule has 0 bridgehead atoms. The van der Waals surface area contributed by atoms with Crippen molar-refractivity contribution in [3.05, 3.63) is 30.0 Å². The molecule has 3 rings (SSSR count). The van der Waals surface area contributed by atoms with Gasteiger partial charge in [0.25, 0.3) is 5.91 Å². The van der Waals surface area contributed by atoms with Crippen molar-refractivity contribution in [1.82, 2.24) is 9.88 Å². The zero-order valence-corrected chi connectivity index (χ0v) is 12.7. The average molecular weight is 285 g/mol. The number of hydrogen-bond acceptors (Lipinski definition) is 2. The van der Waals surface area contributed by atoms with Crippen LogP contribution < -0.4 is 5.73 Å². The summed E-state index contributed by atoms with van der Waals surface area (Å²) in [6.07, 6.45) is 6.52. The maximum absolute atomic E-state index is 12.8. The molecule has 4 heteroatoms. The number of benzene rings is 1. The fraction of sp³-hybridized carbons (Fsp3) is 0.471. The number of nitrogens with two attached hydrogens (primary N) is 1. The Morgan fingerprint density at radius 1 is 1.38 bits per heavy atom. The molecule has 3 N–H and O–H groups in total. The third kappa shape index (κ3) is 2.62. The monoisotopic (exact) mass is 285 g/mol. The molecule has 2 aromatic rings. The van der Waals surface area contributed by atoms with Gasteiger partial charge in [0, 0.05) is 35.9 Å². The van der Waals surface area contributed by atoms with Crippen molar-refractivity contribution >= 4 is 22.5 Å². The maximum atomic E-state index is 12.8. The molecule has 1 aromatic carbocycles. The number of nitrogen functional groups attached to an aromatic ring is 1. The van der Waals surface area contributed by atoms with E-state index >= 15 is 0 Å². The predicted molar refractivity (Wildman–Crippen MR) is 86.2 cm³/mol. The van der Waals surface area contributed by atoms with Gasteiger partial charge in [0.15, 0.2) is 0 Å². The van der Waals surface area contributed by atoms with E-state index in [0.29, 0.717) is 17.6 Å². The first-order valence-corrected chi connectivity index (χ1v) is 7.70. The van der Waals surface area contributed by atoms with Crippen LogP contribution in [0, 0.1) is 5.92 Å². The Morgan fingerprint density at radius 3 is 2.95 bits per heavy atom. The quantitative estimate of drug-likeness (QED) is 0.831. The minimum Gasteiger partial charge on any atom is -0.399 e. The van der Waals surface area contributed by atoms with Crippen LogP contribution in [0.3, 0.4) is 0 Å². The first-order chi connectivity index (χ1) is 10.1. The summed E-state index contributed by atoms with van der Waals surface area (Å²) in [4.78, 5) is 17.9. The zero-order chi connectivity index (χ0) is 15.0. The summed E-state index contributed by atoms with van der Waals surface area (Å²) in [5, 5.41) is 0.949. The lowest BCUT2D eigenvalue weighted by Gasteiger charge is -2.34. The number of rotatable bonds is 2. The van der Waals surface area contributed by atoms with E-state index < -0.39 is 0 Å². The van der Waals surface area contributed by atoms with Gasteiger partial charge >= 0.3 is 0 Å². The number of amides is 1. The van der Waals surface area contributed by atoms with E-state index in [9.17, 15) is 4.79 Å². The van der Waals surface area contributed by atoms with Crippen LogP contribution in [-0.4, -0.2) is 28.9 Å². The minimum atomic E-state index is 0.102. The highest BCUT2D eigenvalue weighted by Crippen LogP contribution is 2.29. The second-order valence-corrected chi connectivity index (χ2v) is 6.35. The van der Waals surface area contributed by atoms with Gasteiger partial charge in [0.2, 0.25) is 0 Å². The first-order valence-electron chi connectivity index (χ1n) is 7.70. The number of anilines is 1. The Hall–Kier alpha value is -1.97. The van der Waals surface area contributed by atoms with Crippen LogP contribution in [0.5, 0.6) is 0 Å². The number of nitrogens with zero attached hydrogens (tertiary/aromatic N) is 1. The minimum absolute atomic E-state index is 0.102. The molecule has 0 radical (unpaired) electrons. The predicted octanol–water partition coefficient (Wildman–Crippen LogP) is 3.40. The van der Waals surface area contributed by atoms with Crippen LogP contribution in [0.2, 0.25) is 0 Å². The van der Waals surface area contributed by atoms with Gasteiger partial charge in [-0.2, -0.15) is 0 Å². The van der Waals surface area contributed by atoms with Gasteiger partial charge in [0.1, 0.15) is 0 Å². The van der Waals surface area contributed by atoms with Crippen molar-refractivity contribution in [2.45, 2.75) is 38.6 Å². The molecule has 1 aliphatic rings. The van der Waals surface area contributed by atoms with E-state index in [1.165, 1.54) is 12.8 Å². The van der Waals surface area contributed by atoms with E-state index in [2.05, 4.69) is 11.9 Å².